The Labute approximate surface area is 161 Å². The Morgan fingerprint density at radius 3 is 0.692 bits per heavy atom. The van der Waals surface area contributed by atoms with E-state index in [2.05, 4.69) is 86.2 Å². The molecule has 2 N–H and O–H groups in total. The van der Waals surface area contributed by atoms with Crippen molar-refractivity contribution < 1.29 is 0 Å². The number of aromatic nitrogens is 6. The fourth-order valence-corrected chi connectivity index (χ4v) is 2.19. The minimum Gasteiger partial charge on any atom is -0.197 e. The molecule has 2 rings (SSSR count). The number of rotatable bonds is 4. The number of H-pyrrole nitrogens is 2. The van der Waals surface area contributed by atoms with Crippen molar-refractivity contribution in [2.24, 2.45) is 0 Å². The first-order chi connectivity index (χ1) is 12.3. The Kier molecular flexibility index (Phi) is 14.7. The lowest BCUT2D eigenvalue weighted by Crippen LogP contribution is -1.96. The number of hydrogen-bond acceptors (Lipinski definition) is 4. The minimum absolute atomic E-state index is 0.464. The van der Waals surface area contributed by atoms with Gasteiger partial charge in [-0.25, -0.2) is 0 Å². The summed E-state index contributed by atoms with van der Waals surface area (Å²) in [5, 5.41) is 21.7. The van der Waals surface area contributed by atoms with Gasteiger partial charge in [-0.3, -0.25) is 0 Å². The van der Waals surface area contributed by atoms with E-state index < -0.39 is 0 Å². The van der Waals surface area contributed by atoms with Gasteiger partial charge < -0.3 is 0 Å². The van der Waals surface area contributed by atoms with Gasteiger partial charge in [0.1, 0.15) is 0 Å². The molecule has 0 bridgehead atoms. The smallest absolute Gasteiger partial charge is 0.0884 e. The molecule has 0 aliphatic rings. The van der Waals surface area contributed by atoms with Crippen LogP contribution >= 0.6 is 0 Å². The molecule has 2 heterocycles. The van der Waals surface area contributed by atoms with Crippen LogP contribution in [0.15, 0.2) is 0 Å². The first kappa shape index (κ1) is 26.5. The Morgan fingerprint density at radius 1 is 0.423 bits per heavy atom. The summed E-state index contributed by atoms with van der Waals surface area (Å²) in [7, 11) is 0. The molecule has 6 heteroatoms. The van der Waals surface area contributed by atoms with Crippen LogP contribution < -0.4 is 0 Å². The molecule has 6 nitrogen and oxygen atoms in total. The molecule has 26 heavy (non-hydrogen) atoms. The molecule has 0 saturated carbocycles. The zero-order valence-electron chi connectivity index (χ0n) is 19.1. The highest BCUT2D eigenvalue weighted by Crippen LogP contribution is 2.21. The van der Waals surface area contributed by atoms with Gasteiger partial charge >= 0.3 is 0 Å². The zero-order chi connectivity index (χ0) is 20.9. The molecule has 0 aromatic carbocycles. The van der Waals surface area contributed by atoms with Crippen LogP contribution in [0.3, 0.4) is 0 Å². The largest absolute Gasteiger partial charge is 0.197 e. The summed E-state index contributed by atoms with van der Waals surface area (Å²) in [5.74, 6) is 1.86. The lowest BCUT2D eigenvalue weighted by Gasteiger charge is -2.04. The van der Waals surface area contributed by atoms with Gasteiger partial charge in [0.15, 0.2) is 0 Å². The van der Waals surface area contributed by atoms with Crippen LogP contribution in [0.2, 0.25) is 0 Å². The summed E-state index contributed by atoms with van der Waals surface area (Å²) < 4.78 is 0. The van der Waals surface area contributed by atoms with Crippen LogP contribution in [0.5, 0.6) is 0 Å². The van der Waals surface area contributed by atoms with E-state index in [9.17, 15) is 0 Å². The van der Waals surface area contributed by atoms with E-state index in [0.717, 1.165) is 22.8 Å². The van der Waals surface area contributed by atoms with Gasteiger partial charge in [0, 0.05) is 0 Å². The van der Waals surface area contributed by atoms with Crippen LogP contribution in [-0.4, -0.2) is 30.8 Å². The van der Waals surface area contributed by atoms with E-state index >= 15 is 0 Å². The maximum atomic E-state index is 4.10. The standard InChI is InChI=1S/2C8H15N3.2C2H6/c2*1-5(2)7-8(6(3)4)10-11-9-7;2*1-2/h2*5-6H,1-4H3,(H,9,10,11);2*1-2H3. The van der Waals surface area contributed by atoms with Gasteiger partial charge in [0.2, 0.25) is 0 Å². The molecule has 0 unspecified atom stereocenters. The Hall–Kier alpha value is -1.72. The van der Waals surface area contributed by atoms with Crippen molar-refractivity contribution in [1.82, 2.24) is 30.8 Å². The zero-order valence-corrected chi connectivity index (χ0v) is 19.1. The molecule has 2 aromatic heterocycles. The van der Waals surface area contributed by atoms with E-state index in [4.69, 9.17) is 0 Å². The molecule has 0 fully saturated rings. The van der Waals surface area contributed by atoms with Crippen molar-refractivity contribution in [1.29, 1.82) is 0 Å². The van der Waals surface area contributed by atoms with Gasteiger partial charge in [0.05, 0.1) is 22.8 Å². The molecular weight excluding hydrogens is 324 g/mol. The third kappa shape index (κ3) is 8.59. The van der Waals surface area contributed by atoms with Crippen LogP contribution in [0.4, 0.5) is 0 Å². The molecule has 0 atom stereocenters. The fraction of sp³-hybridized carbons (Fsp3) is 0.800. The summed E-state index contributed by atoms with van der Waals surface area (Å²) >= 11 is 0. The maximum absolute atomic E-state index is 4.10. The second-order valence-corrected chi connectivity index (χ2v) is 6.81. The average Bonchev–Trinajstić information content (AvgIpc) is 3.28. The highest BCUT2D eigenvalue weighted by atomic mass is 15.3. The number of hydrogen-bond donors (Lipinski definition) is 2. The van der Waals surface area contributed by atoms with Crippen molar-refractivity contribution >= 4 is 0 Å². The normalized spacial score (nSPS) is 10.2. The highest BCUT2D eigenvalue weighted by molar-refractivity contribution is 5.16. The van der Waals surface area contributed by atoms with Crippen molar-refractivity contribution in [2.75, 3.05) is 0 Å². The maximum Gasteiger partial charge on any atom is 0.0884 e. The van der Waals surface area contributed by atoms with Crippen molar-refractivity contribution in [3.8, 4) is 0 Å². The molecule has 0 spiro atoms. The Bertz CT molecular complexity index is 457. The first-order valence-corrected chi connectivity index (χ1v) is 10.1. The van der Waals surface area contributed by atoms with Crippen LogP contribution in [0.25, 0.3) is 0 Å². The summed E-state index contributed by atoms with van der Waals surface area (Å²) in [5.41, 5.74) is 4.39. The molecule has 2 aromatic rings. The Balaban J connectivity index is 0. The summed E-state index contributed by atoms with van der Waals surface area (Å²) in [6.45, 7) is 25.0. The molecule has 152 valence electrons. The van der Waals surface area contributed by atoms with E-state index in [-0.39, 0.29) is 0 Å². The van der Waals surface area contributed by atoms with Gasteiger partial charge in [-0.2, -0.15) is 30.8 Å². The monoisotopic (exact) mass is 366 g/mol. The van der Waals surface area contributed by atoms with Crippen LogP contribution in [0.1, 0.15) is 130 Å². The van der Waals surface area contributed by atoms with Gasteiger partial charge in [-0.1, -0.05) is 83.1 Å². The van der Waals surface area contributed by atoms with Crippen LogP contribution in [0, 0.1) is 0 Å². The molecule has 0 aliphatic heterocycles. The Morgan fingerprint density at radius 2 is 0.577 bits per heavy atom. The summed E-state index contributed by atoms with van der Waals surface area (Å²) in [4.78, 5) is 0. The quantitative estimate of drug-likeness (QED) is 0.679. The van der Waals surface area contributed by atoms with E-state index in [0.29, 0.717) is 23.7 Å². The van der Waals surface area contributed by atoms with Gasteiger partial charge in [-0.05, 0) is 23.7 Å². The first-order valence-electron chi connectivity index (χ1n) is 10.1. The number of nitrogens with one attached hydrogen (secondary N) is 2. The van der Waals surface area contributed by atoms with Gasteiger partial charge in [-0.15, -0.1) is 0 Å². The third-order valence-corrected chi connectivity index (χ3v) is 3.39. The second kappa shape index (κ2) is 14.4. The molecule has 0 saturated heterocycles. The highest BCUT2D eigenvalue weighted by Gasteiger charge is 2.14. The summed E-state index contributed by atoms with van der Waals surface area (Å²) in [6, 6.07) is 0. The van der Waals surface area contributed by atoms with Crippen LogP contribution in [-0.2, 0) is 0 Å². The fourth-order valence-electron chi connectivity index (χ4n) is 2.19. The second-order valence-electron chi connectivity index (χ2n) is 6.81. The predicted octanol–water partition coefficient (Wildman–Crippen LogP) is 6.16. The average molecular weight is 367 g/mol. The van der Waals surface area contributed by atoms with E-state index in [1.165, 1.54) is 0 Å². The molecule has 0 amide bonds. The topological polar surface area (TPSA) is 83.1 Å². The molecule has 0 aliphatic carbocycles. The molecular formula is C20H42N6. The van der Waals surface area contributed by atoms with Crippen molar-refractivity contribution in [3.63, 3.8) is 0 Å². The lowest BCUT2D eigenvalue weighted by molar-refractivity contribution is 0.759. The number of nitrogens with zero attached hydrogens (tertiary/aromatic N) is 4. The SMILES string of the molecule is CC.CC.CC(C)c1n[nH]nc1C(C)C.CC(C)c1n[nH]nc1C(C)C. The molecule has 0 radical (unpaired) electrons. The minimum atomic E-state index is 0.464. The van der Waals surface area contributed by atoms with E-state index in [1.54, 1.807) is 0 Å². The summed E-state index contributed by atoms with van der Waals surface area (Å²) in [6.07, 6.45) is 0. The van der Waals surface area contributed by atoms with Gasteiger partial charge in [0.25, 0.3) is 0 Å². The van der Waals surface area contributed by atoms with Crippen molar-refractivity contribution in [3.05, 3.63) is 22.8 Å². The lowest BCUT2D eigenvalue weighted by atomic mass is 10.0. The number of aromatic amines is 2. The predicted molar refractivity (Wildman–Crippen MR) is 112 cm³/mol. The third-order valence-electron chi connectivity index (χ3n) is 3.39. The van der Waals surface area contributed by atoms with Crippen molar-refractivity contribution in [2.45, 2.75) is 107 Å². The van der Waals surface area contributed by atoms with E-state index in [1.807, 2.05) is 27.7 Å².